The molecule has 5 heteroatoms. The highest BCUT2D eigenvalue weighted by molar-refractivity contribution is 7.89. The Kier molecular flexibility index (Phi) is 6.91. The number of aryl methyl sites for hydroxylation is 1. The van der Waals surface area contributed by atoms with Crippen molar-refractivity contribution in [2.45, 2.75) is 44.0 Å². The Labute approximate surface area is 121 Å². The summed E-state index contributed by atoms with van der Waals surface area (Å²) in [4.78, 5) is 0.221. The summed E-state index contributed by atoms with van der Waals surface area (Å²) in [6.07, 6.45) is 6.41. The maximum Gasteiger partial charge on any atom is 0.240 e. The third-order valence-electron chi connectivity index (χ3n) is 2.92. The minimum Gasteiger partial charge on any atom is -0.395 e. The van der Waals surface area contributed by atoms with Crippen LogP contribution < -0.4 is 4.72 Å². The molecule has 20 heavy (non-hydrogen) atoms. The van der Waals surface area contributed by atoms with E-state index in [9.17, 15) is 13.5 Å². The van der Waals surface area contributed by atoms with Gasteiger partial charge in [-0.2, -0.15) is 0 Å². The summed E-state index contributed by atoms with van der Waals surface area (Å²) >= 11 is 0. The number of benzene rings is 1. The molecule has 0 aliphatic carbocycles. The van der Waals surface area contributed by atoms with Crippen LogP contribution in [-0.4, -0.2) is 26.2 Å². The summed E-state index contributed by atoms with van der Waals surface area (Å²) in [5.41, 5.74) is 1.00. The summed E-state index contributed by atoms with van der Waals surface area (Å²) < 4.78 is 26.8. The quantitative estimate of drug-likeness (QED) is 0.724. The Morgan fingerprint density at radius 1 is 1.25 bits per heavy atom. The van der Waals surface area contributed by atoms with Gasteiger partial charge in [-0.25, -0.2) is 13.1 Å². The van der Waals surface area contributed by atoms with E-state index < -0.39 is 16.1 Å². The average Bonchev–Trinajstić information content (AvgIpc) is 2.42. The van der Waals surface area contributed by atoms with Gasteiger partial charge in [-0.05, 0) is 31.9 Å². The summed E-state index contributed by atoms with van der Waals surface area (Å²) in [7, 11) is -3.57. The van der Waals surface area contributed by atoms with E-state index in [2.05, 4.69) is 11.6 Å². The van der Waals surface area contributed by atoms with E-state index in [-0.39, 0.29) is 11.5 Å². The number of hydrogen-bond acceptors (Lipinski definition) is 3. The Bertz CT molecular complexity index is 521. The molecule has 0 fully saturated rings. The van der Waals surface area contributed by atoms with Gasteiger partial charge in [0, 0.05) is 6.04 Å². The Hall–Kier alpha value is -1.17. The maximum absolute atomic E-state index is 12.2. The van der Waals surface area contributed by atoms with E-state index in [0.29, 0.717) is 6.42 Å². The van der Waals surface area contributed by atoms with Gasteiger partial charge in [-0.3, -0.25) is 0 Å². The van der Waals surface area contributed by atoms with Crippen molar-refractivity contribution in [1.82, 2.24) is 4.72 Å². The SMILES string of the molecule is CCC/C=C/CC(CO)NS(=O)(=O)c1ccc(C)cc1. The van der Waals surface area contributed by atoms with Crippen molar-refractivity contribution in [3.05, 3.63) is 42.0 Å². The predicted octanol–water partition coefficient (Wildman–Crippen LogP) is 2.38. The fraction of sp³-hybridized carbons (Fsp3) is 0.467. The van der Waals surface area contributed by atoms with Crippen molar-refractivity contribution in [1.29, 1.82) is 0 Å². The standard InChI is InChI=1S/C15H23NO3S/c1-3-4-5-6-7-14(12-17)16-20(18,19)15-10-8-13(2)9-11-15/h5-6,8-11,14,16-17H,3-4,7,12H2,1-2H3/b6-5+. The van der Waals surface area contributed by atoms with E-state index in [1.165, 1.54) is 0 Å². The molecule has 0 saturated heterocycles. The van der Waals surface area contributed by atoms with Gasteiger partial charge in [0.15, 0.2) is 0 Å². The number of unbranched alkanes of at least 4 members (excludes halogenated alkanes) is 1. The van der Waals surface area contributed by atoms with Gasteiger partial charge in [-0.1, -0.05) is 43.2 Å². The largest absolute Gasteiger partial charge is 0.395 e. The minimum absolute atomic E-state index is 0.221. The molecule has 0 saturated carbocycles. The molecule has 0 aromatic heterocycles. The molecule has 0 aliphatic rings. The molecule has 0 heterocycles. The summed E-state index contributed by atoms with van der Waals surface area (Å²) in [5, 5.41) is 9.28. The van der Waals surface area contributed by atoms with Crippen LogP contribution in [0.2, 0.25) is 0 Å². The molecule has 0 amide bonds. The number of nitrogens with one attached hydrogen (secondary N) is 1. The fourth-order valence-corrected chi connectivity index (χ4v) is 2.95. The monoisotopic (exact) mass is 297 g/mol. The van der Waals surface area contributed by atoms with Gasteiger partial charge in [0.05, 0.1) is 11.5 Å². The zero-order valence-electron chi connectivity index (χ0n) is 12.0. The zero-order valence-corrected chi connectivity index (χ0v) is 12.9. The molecule has 4 nitrogen and oxygen atoms in total. The average molecular weight is 297 g/mol. The third-order valence-corrected chi connectivity index (χ3v) is 4.45. The molecule has 0 radical (unpaired) electrons. The maximum atomic E-state index is 12.2. The second-order valence-electron chi connectivity index (χ2n) is 4.81. The highest BCUT2D eigenvalue weighted by Gasteiger charge is 2.18. The number of allylic oxidation sites excluding steroid dienone is 1. The van der Waals surface area contributed by atoms with Crippen LogP contribution in [0.5, 0.6) is 0 Å². The van der Waals surface area contributed by atoms with Crippen molar-refractivity contribution < 1.29 is 13.5 Å². The second-order valence-corrected chi connectivity index (χ2v) is 6.52. The molecule has 0 spiro atoms. The molecule has 1 aromatic rings. The Balaban J connectivity index is 2.70. The predicted molar refractivity (Wildman–Crippen MR) is 81.0 cm³/mol. The third kappa shape index (κ3) is 5.45. The highest BCUT2D eigenvalue weighted by atomic mass is 32.2. The van der Waals surface area contributed by atoms with E-state index in [1.54, 1.807) is 24.3 Å². The number of rotatable bonds is 8. The lowest BCUT2D eigenvalue weighted by molar-refractivity contribution is 0.257. The fourth-order valence-electron chi connectivity index (χ4n) is 1.71. The van der Waals surface area contributed by atoms with E-state index in [1.807, 2.05) is 19.1 Å². The number of aliphatic hydroxyl groups is 1. The normalized spacial score (nSPS) is 13.8. The van der Waals surface area contributed by atoms with Crippen molar-refractivity contribution >= 4 is 10.0 Å². The second kappa shape index (κ2) is 8.19. The highest BCUT2D eigenvalue weighted by Crippen LogP contribution is 2.11. The van der Waals surface area contributed by atoms with Crippen LogP contribution in [0.3, 0.4) is 0 Å². The van der Waals surface area contributed by atoms with Crippen LogP contribution in [0.4, 0.5) is 0 Å². The Morgan fingerprint density at radius 2 is 1.90 bits per heavy atom. The lowest BCUT2D eigenvalue weighted by atomic mass is 10.2. The van der Waals surface area contributed by atoms with Crippen molar-refractivity contribution in [3.63, 3.8) is 0 Å². The van der Waals surface area contributed by atoms with Gasteiger partial charge in [0.1, 0.15) is 0 Å². The molecule has 0 aliphatic heterocycles. The van der Waals surface area contributed by atoms with Crippen LogP contribution in [-0.2, 0) is 10.0 Å². The molecule has 1 rings (SSSR count). The first kappa shape index (κ1) is 16.9. The van der Waals surface area contributed by atoms with Gasteiger partial charge in [0.2, 0.25) is 10.0 Å². The molecule has 1 aromatic carbocycles. The number of hydrogen-bond donors (Lipinski definition) is 2. The van der Waals surface area contributed by atoms with Gasteiger partial charge in [-0.15, -0.1) is 0 Å². The van der Waals surface area contributed by atoms with Gasteiger partial charge < -0.3 is 5.11 Å². The van der Waals surface area contributed by atoms with E-state index in [0.717, 1.165) is 18.4 Å². The van der Waals surface area contributed by atoms with E-state index >= 15 is 0 Å². The first-order valence-electron chi connectivity index (χ1n) is 6.84. The van der Waals surface area contributed by atoms with Crippen molar-refractivity contribution in [3.8, 4) is 0 Å². The molecular formula is C15H23NO3S. The first-order chi connectivity index (χ1) is 9.49. The zero-order chi connectivity index (χ0) is 15.0. The molecule has 1 unspecified atom stereocenters. The van der Waals surface area contributed by atoms with Crippen LogP contribution in [0, 0.1) is 6.92 Å². The summed E-state index contributed by atoms with van der Waals surface area (Å²) in [6, 6.07) is 6.15. The minimum atomic E-state index is -3.57. The van der Waals surface area contributed by atoms with Gasteiger partial charge >= 0.3 is 0 Å². The summed E-state index contributed by atoms with van der Waals surface area (Å²) in [6.45, 7) is 3.76. The first-order valence-corrected chi connectivity index (χ1v) is 8.32. The topological polar surface area (TPSA) is 66.4 Å². The van der Waals surface area contributed by atoms with Gasteiger partial charge in [0.25, 0.3) is 0 Å². The molecule has 0 bridgehead atoms. The smallest absolute Gasteiger partial charge is 0.240 e. The van der Waals surface area contributed by atoms with Crippen molar-refractivity contribution in [2.75, 3.05) is 6.61 Å². The molecular weight excluding hydrogens is 274 g/mol. The summed E-state index contributed by atoms with van der Waals surface area (Å²) in [5.74, 6) is 0. The van der Waals surface area contributed by atoms with Crippen LogP contribution in [0.15, 0.2) is 41.3 Å². The lowest BCUT2D eigenvalue weighted by Crippen LogP contribution is -2.37. The Morgan fingerprint density at radius 3 is 2.45 bits per heavy atom. The number of aliphatic hydroxyl groups excluding tert-OH is 1. The van der Waals surface area contributed by atoms with Crippen LogP contribution in [0.25, 0.3) is 0 Å². The molecule has 2 N–H and O–H groups in total. The van der Waals surface area contributed by atoms with Crippen LogP contribution >= 0.6 is 0 Å². The number of sulfonamides is 1. The van der Waals surface area contributed by atoms with Crippen LogP contribution in [0.1, 0.15) is 31.7 Å². The van der Waals surface area contributed by atoms with Crippen molar-refractivity contribution in [2.24, 2.45) is 0 Å². The lowest BCUT2D eigenvalue weighted by Gasteiger charge is -2.14. The molecule has 1 atom stereocenters. The molecule has 112 valence electrons. The van der Waals surface area contributed by atoms with E-state index in [4.69, 9.17) is 0 Å².